The Morgan fingerprint density at radius 1 is 0.494 bits per heavy atom. The van der Waals surface area contributed by atoms with Crippen LogP contribution in [0, 0.1) is 0 Å². The molecule has 0 aromatic rings. The first kappa shape index (κ1) is 77.3. The Morgan fingerprint density at radius 2 is 0.904 bits per heavy atom. The minimum atomic E-state index is -1.63. The van der Waals surface area contributed by atoms with Crippen molar-refractivity contribution in [1.82, 2.24) is 5.32 Å². The van der Waals surface area contributed by atoms with Gasteiger partial charge in [0.2, 0.25) is 5.91 Å². The van der Waals surface area contributed by atoms with Crippen molar-refractivity contribution in [2.45, 2.75) is 320 Å². The molecular weight excluding hydrogens is 1040 g/mol. The molecule has 1 rings (SSSR count). The second-order valence-electron chi connectivity index (χ2n) is 22.8. The van der Waals surface area contributed by atoms with Gasteiger partial charge in [0.15, 0.2) is 12.4 Å². The zero-order chi connectivity index (χ0) is 60.3. The molecule has 83 heavy (non-hydrogen) atoms. The predicted molar refractivity (Wildman–Crippen MR) is 347 cm³/mol. The molecule has 1 fully saturated rings. The number of esters is 1. The van der Waals surface area contributed by atoms with Crippen LogP contribution in [0.2, 0.25) is 0 Å². The lowest BCUT2D eigenvalue weighted by Crippen LogP contribution is -2.61. The molecular formula is C72H123NO10. The van der Waals surface area contributed by atoms with Gasteiger partial charge in [-0.05, 0) is 103 Å². The number of aliphatic hydroxyl groups is 5. The number of ether oxygens (including phenoxy) is 3. The highest BCUT2D eigenvalue weighted by Gasteiger charge is 2.47. The van der Waals surface area contributed by atoms with E-state index in [-0.39, 0.29) is 19.4 Å². The molecule has 0 aromatic carbocycles. The topological polar surface area (TPSA) is 175 Å². The standard InChI is InChI=1S/C72H123NO10/c1-4-7-10-13-16-19-22-25-27-28-29-30-31-32-33-34-35-36-37-39-41-44-47-50-53-56-59-65(76)71(80)73-63(64(75)58-55-52-49-46-43-40-24-21-18-15-12-9-6-3)62-81-72-70(69(79)68(78)66(61-74)82-72)83-67(77)60-57-54-51-48-45-42-38-26-23-20-17-14-11-8-5-2/h7,10,16-17,19-20,23,25-27,29-30,32-33,35-36,55,58,63-66,68-70,72,74-76,78-79H,4-6,8-9,11-15,18,21-22,24,28,31,34,37-54,56-57,59-62H2,1-3H3,(H,73,80)/b10-7-,19-16-,20-17+,26-23+,27-25-,30-29-,33-32-,36-35-,58-55+. The molecule has 11 nitrogen and oxygen atoms in total. The number of nitrogens with one attached hydrogen (secondary N) is 1. The second kappa shape index (κ2) is 58.7. The molecule has 1 heterocycles. The van der Waals surface area contributed by atoms with Crippen molar-refractivity contribution >= 4 is 11.9 Å². The Balaban J connectivity index is 2.63. The molecule has 1 aliphatic rings. The molecule has 8 unspecified atom stereocenters. The fourth-order valence-electron chi connectivity index (χ4n) is 9.88. The van der Waals surface area contributed by atoms with Crippen molar-refractivity contribution in [2.75, 3.05) is 13.2 Å². The van der Waals surface area contributed by atoms with Crippen LogP contribution in [0.5, 0.6) is 0 Å². The van der Waals surface area contributed by atoms with Crippen molar-refractivity contribution in [1.29, 1.82) is 0 Å². The van der Waals surface area contributed by atoms with E-state index >= 15 is 0 Å². The summed E-state index contributed by atoms with van der Waals surface area (Å²) in [6, 6.07) is -1.04. The summed E-state index contributed by atoms with van der Waals surface area (Å²) in [5, 5.41) is 57.1. The highest BCUT2D eigenvalue weighted by atomic mass is 16.7. The monoisotopic (exact) mass is 1160 g/mol. The van der Waals surface area contributed by atoms with Crippen LogP contribution in [-0.2, 0) is 23.8 Å². The van der Waals surface area contributed by atoms with E-state index in [2.05, 4.69) is 123 Å². The zero-order valence-corrected chi connectivity index (χ0v) is 52.8. The lowest BCUT2D eigenvalue weighted by Gasteiger charge is -2.41. The maximum atomic E-state index is 13.5. The molecule has 11 heteroatoms. The number of carbonyl (C=O) groups is 2. The molecule has 0 aliphatic carbocycles. The summed E-state index contributed by atoms with van der Waals surface area (Å²) >= 11 is 0. The molecule has 0 spiro atoms. The number of carbonyl (C=O) groups excluding carboxylic acids is 2. The van der Waals surface area contributed by atoms with Gasteiger partial charge < -0.3 is 45.1 Å². The largest absolute Gasteiger partial charge is 0.454 e. The quantitative estimate of drug-likeness (QED) is 0.0149. The Kier molecular flexibility index (Phi) is 54.7. The third-order valence-corrected chi connectivity index (χ3v) is 15.2. The minimum absolute atomic E-state index is 0.105. The average molecular weight is 1160 g/mol. The summed E-state index contributed by atoms with van der Waals surface area (Å²) in [4.78, 5) is 26.6. The number of unbranched alkanes of at least 4 members (excludes halogenated alkanes) is 27. The van der Waals surface area contributed by atoms with Crippen LogP contribution >= 0.6 is 0 Å². The van der Waals surface area contributed by atoms with Crippen LogP contribution < -0.4 is 5.32 Å². The normalized spacial score (nSPS) is 19.3. The van der Waals surface area contributed by atoms with Gasteiger partial charge in [-0.1, -0.05) is 271 Å². The fourth-order valence-corrected chi connectivity index (χ4v) is 9.88. The van der Waals surface area contributed by atoms with Crippen molar-refractivity contribution in [3.05, 3.63) is 109 Å². The van der Waals surface area contributed by atoms with Gasteiger partial charge in [0, 0.05) is 6.42 Å². The Labute approximate surface area is 507 Å². The molecule has 1 amide bonds. The van der Waals surface area contributed by atoms with Crippen molar-refractivity contribution in [2.24, 2.45) is 0 Å². The van der Waals surface area contributed by atoms with E-state index in [1.165, 1.54) is 83.5 Å². The highest BCUT2D eigenvalue weighted by molar-refractivity contribution is 5.80. The van der Waals surface area contributed by atoms with Crippen LogP contribution in [0.1, 0.15) is 271 Å². The molecule has 0 aromatic heterocycles. The smallest absolute Gasteiger partial charge is 0.306 e. The van der Waals surface area contributed by atoms with Crippen molar-refractivity contribution in [3.63, 3.8) is 0 Å². The van der Waals surface area contributed by atoms with Gasteiger partial charge in [-0.15, -0.1) is 0 Å². The molecule has 1 aliphatic heterocycles. The van der Waals surface area contributed by atoms with Crippen molar-refractivity contribution in [3.8, 4) is 0 Å². The lowest BCUT2D eigenvalue weighted by molar-refractivity contribution is -0.305. The summed E-state index contributed by atoms with van der Waals surface area (Å²) in [5.74, 6) is -1.22. The summed E-state index contributed by atoms with van der Waals surface area (Å²) in [5.41, 5.74) is 0. The van der Waals surface area contributed by atoms with Gasteiger partial charge >= 0.3 is 5.97 Å². The van der Waals surface area contributed by atoms with E-state index in [0.29, 0.717) is 12.8 Å². The number of hydrogen-bond acceptors (Lipinski definition) is 10. The molecule has 0 saturated carbocycles. The van der Waals surface area contributed by atoms with Gasteiger partial charge in [0.1, 0.15) is 24.4 Å². The molecule has 1 saturated heterocycles. The highest BCUT2D eigenvalue weighted by Crippen LogP contribution is 2.26. The summed E-state index contributed by atoms with van der Waals surface area (Å²) in [7, 11) is 0. The van der Waals surface area contributed by atoms with Gasteiger partial charge in [0.25, 0.3) is 0 Å². The van der Waals surface area contributed by atoms with Crippen LogP contribution in [0.25, 0.3) is 0 Å². The molecule has 8 atom stereocenters. The number of amides is 1. The number of rotatable bonds is 56. The summed E-state index contributed by atoms with van der Waals surface area (Å²) in [6.07, 6.45) is 69.7. The first-order chi connectivity index (χ1) is 40.7. The van der Waals surface area contributed by atoms with Gasteiger partial charge in [-0.2, -0.15) is 0 Å². The Hall–Kier alpha value is -3.68. The zero-order valence-electron chi connectivity index (χ0n) is 52.8. The van der Waals surface area contributed by atoms with Gasteiger partial charge in [0.05, 0.1) is 25.4 Å². The van der Waals surface area contributed by atoms with Crippen LogP contribution in [0.4, 0.5) is 0 Å². The minimum Gasteiger partial charge on any atom is -0.454 e. The van der Waals surface area contributed by atoms with Crippen LogP contribution in [0.15, 0.2) is 109 Å². The molecule has 0 radical (unpaired) electrons. The molecule has 476 valence electrons. The fraction of sp³-hybridized carbons (Fsp3) is 0.722. The van der Waals surface area contributed by atoms with E-state index in [0.717, 1.165) is 141 Å². The third-order valence-electron chi connectivity index (χ3n) is 15.2. The summed E-state index contributed by atoms with van der Waals surface area (Å²) < 4.78 is 17.6. The maximum absolute atomic E-state index is 13.5. The van der Waals surface area contributed by atoms with Crippen molar-refractivity contribution < 1.29 is 49.3 Å². The second-order valence-corrected chi connectivity index (χ2v) is 22.8. The lowest BCUT2D eigenvalue weighted by atomic mass is 9.99. The Morgan fingerprint density at radius 3 is 1.40 bits per heavy atom. The summed E-state index contributed by atoms with van der Waals surface area (Å²) in [6.45, 7) is 5.64. The van der Waals surface area contributed by atoms with E-state index in [1.54, 1.807) is 6.08 Å². The number of hydrogen-bond donors (Lipinski definition) is 6. The first-order valence-corrected chi connectivity index (χ1v) is 33.7. The molecule has 6 N–H and O–H groups in total. The maximum Gasteiger partial charge on any atom is 0.306 e. The average Bonchev–Trinajstić information content (AvgIpc) is 3.55. The van der Waals surface area contributed by atoms with Gasteiger partial charge in [-0.3, -0.25) is 9.59 Å². The van der Waals surface area contributed by atoms with Crippen LogP contribution in [0.3, 0.4) is 0 Å². The SMILES string of the molecule is CC/C=C\C/C=C\C/C=C\C/C=C\C/C=C\C/C=C\CCCCCCCCCC(O)C(=O)NC(COC1OC(CO)C(O)C(O)C1OC(=O)CCCCCCCC/C=C/C=C/CCCCC)C(O)/C=C/CCCCCCCCCCCCC. The third kappa shape index (κ3) is 46.2. The predicted octanol–water partition coefficient (Wildman–Crippen LogP) is 16.8. The van der Waals surface area contributed by atoms with E-state index in [9.17, 15) is 35.1 Å². The number of aliphatic hydroxyl groups excluding tert-OH is 5. The Bertz CT molecular complexity index is 1770. The molecule has 0 bridgehead atoms. The van der Waals surface area contributed by atoms with E-state index < -0.39 is 67.4 Å². The van der Waals surface area contributed by atoms with Crippen LogP contribution in [-0.4, -0.2) is 99.6 Å². The van der Waals surface area contributed by atoms with E-state index in [1.807, 2.05) is 6.08 Å². The van der Waals surface area contributed by atoms with Gasteiger partial charge in [-0.25, -0.2) is 0 Å². The first-order valence-electron chi connectivity index (χ1n) is 33.7. The number of allylic oxidation sites excluding steroid dienone is 17. The van der Waals surface area contributed by atoms with E-state index in [4.69, 9.17) is 14.2 Å².